The summed E-state index contributed by atoms with van der Waals surface area (Å²) in [7, 11) is 0. The first kappa shape index (κ1) is 23.6. The summed E-state index contributed by atoms with van der Waals surface area (Å²) in [6.07, 6.45) is -1.77. The maximum atomic E-state index is 11.8. The van der Waals surface area contributed by atoms with Crippen LogP contribution in [0.4, 0.5) is 0 Å². The van der Waals surface area contributed by atoms with Gasteiger partial charge < -0.3 is 25.4 Å². The van der Waals surface area contributed by atoms with Crippen LogP contribution in [-0.4, -0.2) is 66.5 Å². The van der Waals surface area contributed by atoms with Crippen LogP contribution in [0.3, 0.4) is 0 Å². The van der Waals surface area contributed by atoms with Crippen molar-refractivity contribution in [1.82, 2.24) is 19.7 Å². The van der Waals surface area contributed by atoms with Gasteiger partial charge in [-0.15, -0.1) is 5.10 Å². The van der Waals surface area contributed by atoms with Crippen LogP contribution in [0.25, 0.3) is 11.4 Å². The standard InChI is InChI=1S/C21H30N4O5S/c1-3-4-8-11-24-19(14-9-6-5-7-10-14)23-25(21(24)31)20-16(22-13(2)27)18(29)17(28)15(12-26)30-20/h5-7,9-10,15-18,20,26,28-29H,3-4,8,11-12H2,1-2H3,(H,22,27)/t15-,16-,17+,18+,20-/m1/s1. The Morgan fingerprint density at radius 3 is 2.55 bits per heavy atom. The van der Waals surface area contributed by atoms with Crippen molar-refractivity contribution in [2.24, 2.45) is 0 Å². The molecule has 5 atom stereocenters. The molecule has 170 valence electrons. The summed E-state index contributed by atoms with van der Waals surface area (Å²) in [5.74, 6) is 0.248. The van der Waals surface area contributed by atoms with Crippen LogP contribution in [-0.2, 0) is 16.1 Å². The van der Waals surface area contributed by atoms with Gasteiger partial charge in [-0.05, 0) is 18.6 Å². The van der Waals surface area contributed by atoms with Gasteiger partial charge in [-0.1, -0.05) is 50.1 Å². The van der Waals surface area contributed by atoms with E-state index in [9.17, 15) is 20.1 Å². The fourth-order valence-electron chi connectivity index (χ4n) is 3.80. The Bertz CT molecular complexity index is 932. The largest absolute Gasteiger partial charge is 0.394 e. The molecule has 10 heteroatoms. The van der Waals surface area contributed by atoms with E-state index in [1.165, 1.54) is 11.6 Å². The molecule has 0 aliphatic carbocycles. The predicted octanol–water partition coefficient (Wildman–Crippen LogP) is 1.39. The van der Waals surface area contributed by atoms with E-state index >= 15 is 0 Å². The normalized spacial score (nSPS) is 26.0. The maximum absolute atomic E-state index is 11.8. The number of hydrogen-bond donors (Lipinski definition) is 4. The summed E-state index contributed by atoms with van der Waals surface area (Å²) >= 11 is 5.72. The van der Waals surface area contributed by atoms with Gasteiger partial charge in [-0.3, -0.25) is 9.36 Å². The minimum absolute atomic E-state index is 0.371. The van der Waals surface area contributed by atoms with Crippen molar-refractivity contribution < 1.29 is 24.9 Å². The average Bonchev–Trinajstić information content (AvgIpc) is 3.08. The number of rotatable bonds is 8. The SMILES string of the molecule is CCCCCn1c(-c2ccccc2)nn([C@@H]2O[C@H](CO)[C@H](O)[C@@H](O)[C@H]2NC(C)=O)c1=S. The highest BCUT2D eigenvalue weighted by Crippen LogP contribution is 2.30. The number of ether oxygens (including phenoxy) is 1. The van der Waals surface area contributed by atoms with Gasteiger partial charge in [0.25, 0.3) is 0 Å². The Morgan fingerprint density at radius 1 is 1.23 bits per heavy atom. The molecular weight excluding hydrogens is 420 g/mol. The molecule has 4 N–H and O–H groups in total. The number of aromatic nitrogens is 3. The van der Waals surface area contributed by atoms with Crippen LogP contribution in [0.15, 0.2) is 30.3 Å². The third-order valence-corrected chi connectivity index (χ3v) is 5.82. The summed E-state index contributed by atoms with van der Waals surface area (Å²) in [5.41, 5.74) is 0.870. The number of aliphatic hydroxyl groups excluding tert-OH is 3. The summed E-state index contributed by atoms with van der Waals surface area (Å²) in [4.78, 5) is 11.8. The number of unbranched alkanes of at least 4 members (excludes halogenated alkanes) is 2. The van der Waals surface area contributed by atoms with Crippen LogP contribution in [0.2, 0.25) is 0 Å². The Hall–Kier alpha value is -2.11. The van der Waals surface area contributed by atoms with Crippen LogP contribution in [0, 0.1) is 4.77 Å². The van der Waals surface area contributed by atoms with E-state index in [4.69, 9.17) is 22.1 Å². The minimum atomic E-state index is -1.37. The van der Waals surface area contributed by atoms with Crippen molar-refractivity contribution in [2.75, 3.05) is 6.61 Å². The number of benzene rings is 1. The molecule has 0 saturated carbocycles. The van der Waals surface area contributed by atoms with Crippen molar-refractivity contribution in [3.8, 4) is 11.4 Å². The Kier molecular flexibility index (Phi) is 7.95. The second-order valence-electron chi connectivity index (χ2n) is 7.73. The highest BCUT2D eigenvalue weighted by atomic mass is 32.1. The van der Waals surface area contributed by atoms with Gasteiger partial charge in [-0.25, -0.2) is 4.68 Å². The first-order valence-corrected chi connectivity index (χ1v) is 10.9. The van der Waals surface area contributed by atoms with Gasteiger partial charge >= 0.3 is 0 Å². The third-order valence-electron chi connectivity index (χ3n) is 5.41. The molecule has 1 amide bonds. The lowest BCUT2D eigenvalue weighted by molar-refractivity contribution is -0.219. The van der Waals surface area contributed by atoms with Crippen LogP contribution in [0.1, 0.15) is 39.3 Å². The molecule has 31 heavy (non-hydrogen) atoms. The van der Waals surface area contributed by atoms with E-state index in [0.717, 1.165) is 24.8 Å². The molecule has 1 fully saturated rings. The van der Waals surface area contributed by atoms with Gasteiger partial charge in [0, 0.05) is 19.0 Å². The summed E-state index contributed by atoms with van der Waals surface area (Å²) in [6.45, 7) is 3.59. The van der Waals surface area contributed by atoms with Gasteiger partial charge in [0.05, 0.1) is 6.61 Å². The molecule has 1 aromatic carbocycles. The molecule has 3 rings (SSSR count). The summed E-state index contributed by atoms with van der Waals surface area (Å²) in [6, 6.07) is 8.60. The second-order valence-corrected chi connectivity index (χ2v) is 8.10. The smallest absolute Gasteiger partial charge is 0.217 e. The van der Waals surface area contributed by atoms with E-state index < -0.39 is 43.1 Å². The lowest BCUT2D eigenvalue weighted by Crippen LogP contribution is -2.62. The Morgan fingerprint density at radius 2 is 1.94 bits per heavy atom. The summed E-state index contributed by atoms with van der Waals surface area (Å²) in [5, 5.41) is 37.9. The zero-order chi connectivity index (χ0) is 22.5. The average molecular weight is 451 g/mol. The number of aliphatic hydroxyl groups is 3. The molecule has 0 bridgehead atoms. The number of amides is 1. The van der Waals surface area contributed by atoms with Crippen LogP contribution < -0.4 is 5.32 Å². The lowest BCUT2D eigenvalue weighted by atomic mass is 9.96. The topological polar surface area (TPSA) is 122 Å². The third kappa shape index (κ3) is 5.04. The first-order valence-electron chi connectivity index (χ1n) is 10.5. The highest BCUT2D eigenvalue weighted by Gasteiger charge is 2.46. The molecular formula is C21H30N4O5S. The molecule has 1 saturated heterocycles. The molecule has 0 radical (unpaired) electrons. The monoisotopic (exact) mass is 450 g/mol. The van der Waals surface area contributed by atoms with E-state index in [1.54, 1.807) is 0 Å². The number of carbonyl (C=O) groups excluding carboxylic acids is 1. The molecule has 1 aromatic heterocycles. The number of carbonyl (C=O) groups is 1. The minimum Gasteiger partial charge on any atom is -0.394 e. The molecule has 9 nitrogen and oxygen atoms in total. The van der Waals surface area contributed by atoms with Crippen molar-refractivity contribution in [3.63, 3.8) is 0 Å². The second kappa shape index (κ2) is 10.5. The highest BCUT2D eigenvalue weighted by molar-refractivity contribution is 7.71. The van der Waals surface area contributed by atoms with E-state index in [2.05, 4.69) is 12.2 Å². The quantitative estimate of drug-likeness (QED) is 0.354. The lowest BCUT2D eigenvalue weighted by Gasteiger charge is -2.42. The number of hydrogen-bond acceptors (Lipinski definition) is 7. The fraction of sp³-hybridized carbons (Fsp3) is 0.571. The Balaban J connectivity index is 2.08. The van der Waals surface area contributed by atoms with E-state index in [1.807, 2.05) is 34.9 Å². The van der Waals surface area contributed by atoms with Crippen molar-refractivity contribution in [3.05, 3.63) is 35.1 Å². The van der Waals surface area contributed by atoms with Crippen LogP contribution >= 0.6 is 12.2 Å². The first-order chi connectivity index (χ1) is 14.9. The van der Waals surface area contributed by atoms with Crippen LogP contribution in [0.5, 0.6) is 0 Å². The molecule has 2 heterocycles. The zero-order valence-electron chi connectivity index (χ0n) is 17.7. The predicted molar refractivity (Wildman–Crippen MR) is 117 cm³/mol. The molecule has 1 aliphatic heterocycles. The zero-order valence-corrected chi connectivity index (χ0v) is 18.5. The van der Waals surface area contributed by atoms with Crippen molar-refractivity contribution in [1.29, 1.82) is 0 Å². The molecule has 2 aromatic rings. The van der Waals surface area contributed by atoms with Gasteiger partial charge in [-0.2, -0.15) is 0 Å². The van der Waals surface area contributed by atoms with Crippen molar-refractivity contribution in [2.45, 2.75) is 70.2 Å². The van der Waals surface area contributed by atoms with Gasteiger partial charge in [0.1, 0.15) is 24.4 Å². The van der Waals surface area contributed by atoms with Gasteiger partial charge in [0.2, 0.25) is 10.7 Å². The number of nitrogens with zero attached hydrogens (tertiary/aromatic N) is 3. The number of nitrogens with one attached hydrogen (secondary N) is 1. The van der Waals surface area contributed by atoms with Crippen molar-refractivity contribution >= 4 is 18.1 Å². The Labute approximate surface area is 186 Å². The fourth-order valence-corrected chi connectivity index (χ4v) is 4.12. The van der Waals surface area contributed by atoms with E-state index in [0.29, 0.717) is 17.1 Å². The van der Waals surface area contributed by atoms with Gasteiger partial charge in [0.15, 0.2) is 12.1 Å². The van der Waals surface area contributed by atoms with E-state index in [-0.39, 0.29) is 0 Å². The maximum Gasteiger partial charge on any atom is 0.217 e. The molecule has 1 aliphatic rings. The molecule has 0 spiro atoms. The molecule has 0 unspecified atom stereocenters. The summed E-state index contributed by atoms with van der Waals surface area (Å²) < 4.78 is 9.61.